The number of primary amides is 1. The topological polar surface area (TPSA) is 211 Å². The Kier molecular flexibility index (Phi) is 8.52. The molecule has 0 aliphatic rings. The minimum Gasteiger partial charge on any atom is -0.480 e. The van der Waals surface area contributed by atoms with Crippen LogP contribution in [-0.4, -0.2) is 85.5 Å². The summed E-state index contributed by atoms with van der Waals surface area (Å²) < 4.78 is 0. The second-order valence-electron chi connectivity index (χ2n) is 4.58. The highest BCUT2D eigenvalue weighted by Gasteiger charge is 2.35. The Morgan fingerprint density at radius 2 is 1.59 bits per heavy atom. The Morgan fingerprint density at radius 3 is 2.00 bits per heavy atom. The van der Waals surface area contributed by atoms with Crippen molar-refractivity contribution in [3.05, 3.63) is 0 Å². The average Bonchev–Trinajstić information content (AvgIpc) is 2.47. The van der Waals surface area contributed by atoms with E-state index in [1.54, 1.807) is 0 Å². The van der Waals surface area contributed by atoms with Crippen LogP contribution in [-0.2, 0) is 14.4 Å². The number of nitrogens with one attached hydrogen (secondary N) is 1. The molecular formula is C11H20N2O9. The minimum atomic E-state index is -2.26. The predicted octanol–water partition coefficient (Wildman–Crippen LogP) is -4.74. The Labute approximate surface area is 125 Å². The van der Waals surface area contributed by atoms with E-state index in [0.717, 1.165) is 0 Å². The van der Waals surface area contributed by atoms with E-state index in [1.165, 1.54) is 0 Å². The van der Waals surface area contributed by atoms with Crippen LogP contribution < -0.4 is 11.1 Å². The summed E-state index contributed by atoms with van der Waals surface area (Å²) in [6.45, 7) is -0.928. The lowest BCUT2D eigenvalue weighted by molar-refractivity contribution is -0.153. The van der Waals surface area contributed by atoms with E-state index < -0.39 is 54.8 Å². The maximum absolute atomic E-state index is 11.6. The summed E-state index contributed by atoms with van der Waals surface area (Å²) in [6, 6.07) is -1.54. The maximum Gasteiger partial charge on any atom is 0.326 e. The van der Waals surface area contributed by atoms with E-state index in [0.29, 0.717) is 0 Å². The number of aliphatic hydroxyl groups is 5. The second-order valence-corrected chi connectivity index (χ2v) is 4.58. The van der Waals surface area contributed by atoms with E-state index in [2.05, 4.69) is 0 Å². The lowest BCUT2D eigenvalue weighted by Crippen LogP contribution is -2.54. The summed E-state index contributed by atoms with van der Waals surface area (Å²) in [4.78, 5) is 33.1. The van der Waals surface area contributed by atoms with Crippen LogP contribution in [0.25, 0.3) is 0 Å². The fourth-order valence-electron chi connectivity index (χ4n) is 1.48. The van der Waals surface area contributed by atoms with Gasteiger partial charge < -0.3 is 41.7 Å². The van der Waals surface area contributed by atoms with Crippen LogP contribution in [0.5, 0.6) is 0 Å². The predicted molar refractivity (Wildman–Crippen MR) is 69.1 cm³/mol. The summed E-state index contributed by atoms with van der Waals surface area (Å²) in [5, 5.41) is 56.7. The number of carboxylic acids is 1. The Balaban J connectivity index is 4.71. The number of carbonyl (C=O) groups is 3. The number of nitrogens with two attached hydrogens (primary N) is 1. The molecule has 0 saturated carbocycles. The first kappa shape index (κ1) is 20.2. The molecule has 0 aromatic rings. The normalized spacial score (nSPS) is 17.9. The quantitative estimate of drug-likeness (QED) is 0.193. The summed E-state index contributed by atoms with van der Waals surface area (Å²) in [5.41, 5.74) is 4.85. The van der Waals surface area contributed by atoms with Crippen LogP contribution in [0, 0.1) is 0 Å². The monoisotopic (exact) mass is 324 g/mol. The smallest absolute Gasteiger partial charge is 0.326 e. The van der Waals surface area contributed by atoms with Gasteiger partial charge in [-0.3, -0.25) is 9.59 Å². The standard InChI is InChI=1S/C11H20N2O9/c12-6(16)2-1-4(11(21)22)13-10(20)9(19)8(18)7(17)5(15)3-14/h4-5,7-9,14-15,17-19H,1-3H2,(H2,12,16)(H,13,20)(H,21,22)/t4-,5+,7+,8-,9+/m0/s1. The maximum atomic E-state index is 11.6. The highest BCUT2D eigenvalue weighted by atomic mass is 16.4. The molecular weight excluding hydrogens is 304 g/mol. The first-order chi connectivity index (χ1) is 10.1. The molecule has 0 rings (SSSR count). The van der Waals surface area contributed by atoms with Gasteiger partial charge in [-0.25, -0.2) is 4.79 Å². The van der Waals surface area contributed by atoms with Gasteiger partial charge in [0.15, 0.2) is 6.10 Å². The van der Waals surface area contributed by atoms with Crippen molar-refractivity contribution in [2.24, 2.45) is 5.73 Å². The van der Waals surface area contributed by atoms with Gasteiger partial charge in [0.25, 0.3) is 5.91 Å². The van der Waals surface area contributed by atoms with Gasteiger partial charge in [0.05, 0.1) is 6.61 Å². The van der Waals surface area contributed by atoms with Crippen LogP contribution in [0.15, 0.2) is 0 Å². The molecule has 9 N–H and O–H groups in total. The summed E-state index contributed by atoms with van der Waals surface area (Å²) in [5.74, 6) is -3.62. The van der Waals surface area contributed by atoms with E-state index >= 15 is 0 Å². The molecule has 0 aromatic carbocycles. The Hall–Kier alpha value is -1.79. The van der Waals surface area contributed by atoms with Gasteiger partial charge in [-0.1, -0.05) is 0 Å². The highest BCUT2D eigenvalue weighted by molar-refractivity contribution is 5.87. The van der Waals surface area contributed by atoms with Crippen molar-refractivity contribution in [2.75, 3.05) is 6.61 Å². The van der Waals surface area contributed by atoms with Crippen LogP contribution in [0.3, 0.4) is 0 Å². The zero-order chi connectivity index (χ0) is 17.4. The van der Waals surface area contributed by atoms with Crippen molar-refractivity contribution in [3.8, 4) is 0 Å². The van der Waals surface area contributed by atoms with Crippen molar-refractivity contribution in [1.82, 2.24) is 5.32 Å². The van der Waals surface area contributed by atoms with Gasteiger partial charge >= 0.3 is 5.97 Å². The molecule has 0 aliphatic heterocycles. The third kappa shape index (κ3) is 6.32. The number of carbonyl (C=O) groups excluding carboxylic acids is 2. The van der Waals surface area contributed by atoms with Crippen molar-refractivity contribution in [3.63, 3.8) is 0 Å². The molecule has 0 spiro atoms. The molecule has 128 valence electrons. The van der Waals surface area contributed by atoms with Gasteiger partial charge in [0, 0.05) is 6.42 Å². The van der Waals surface area contributed by atoms with Gasteiger partial charge in [0.2, 0.25) is 5.91 Å². The molecule has 0 fully saturated rings. The van der Waals surface area contributed by atoms with Crippen molar-refractivity contribution >= 4 is 17.8 Å². The van der Waals surface area contributed by atoms with Gasteiger partial charge in [0.1, 0.15) is 24.4 Å². The van der Waals surface area contributed by atoms with Crippen molar-refractivity contribution in [1.29, 1.82) is 0 Å². The van der Waals surface area contributed by atoms with Crippen LogP contribution in [0.4, 0.5) is 0 Å². The lowest BCUT2D eigenvalue weighted by Gasteiger charge is -2.25. The lowest BCUT2D eigenvalue weighted by atomic mass is 10.0. The van der Waals surface area contributed by atoms with E-state index in [4.69, 9.17) is 21.1 Å². The molecule has 0 bridgehead atoms. The molecule has 11 nitrogen and oxygen atoms in total. The molecule has 2 amide bonds. The summed E-state index contributed by atoms with van der Waals surface area (Å²) >= 11 is 0. The van der Waals surface area contributed by atoms with Crippen LogP contribution >= 0.6 is 0 Å². The summed E-state index contributed by atoms with van der Waals surface area (Å²) in [6.07, 6.45) is -8.91. The summed E-state index contributed by atoms with van der Waals surface area (Å²) in [7, 11) is 0. The molecule has 0 radical (unpaired) electrons. The van der Waals surface area contributed by atoms with Gasteiger partial charge in [-0.05, 0) is 6.42 Å². The zero-order valence-corrected chi connectivity index (χ0v) is 11.5. The largest absolute Gasteiger partial charge is 0.480 e. The number of hydrogen-bond donors (Lipinski definition) is 8. The molecule has 0 saturated heterocycles. The fraction of sp³-hybridized carbons (Fsp3) is 0.727. The fourth-order valence-corrected chi connectivity index (χ4v) is 1.48. The van der Waals surface area contributed by atoms with E-state index in [1.807, 2.05) is 5.32 Å². The number of rotatable bonds is 10. The number of aliphatic carboxylic acids is 1. The van der Waals surface area contributed by atoms with E-state index in [-0.39, 0.29) is 12.8 Å². The Morgan fingerprint density at radius 1 is 1.05 bits per heavy atom. The molecule has 0 heterocycles. The minimum absolute atomic E-state index is 0.332. The van der Waals surface area contributed by atoms with Crippen molar-refractivity contribution < 1.29 is 45.0 Å². The first-order valence-electron chi connectivity index (χ1n) is 6.26. The average molecular weight is 324 g/mol. The third-order valence-corrected chi connectivity index (χ3v) is 2.82. The van der Waals surface area contributed by atoms with Crippen LogP contribution in [0.2, 0.25) is 0 Å². The Bertz CT molecular complexity index is 403. The molecule has 0 aromatic heterocycles. The molecule has 0 unspecified atom stereocenters. The van der Waals surface area contributed by atoms with Gasteiger partial charge in [-0.2, -0.15) is 0 Å². The van der Waals surface area contributed by atoms with Crippen molar-refractivity contribution in [2.45, 2.75) is 43.3 Å². The zero-order valence-electron chi connectivity index (χ0n) is 11.5. The molecule has 5 atom stereocenters. The third-order valence-electron chi connectivity index (χ3n) is 2.82. The first-order valence-corrected chi connectivity index (χ1v) is 6.26. The number of hydrogen-bond acceptors (Lipinski definition) is 8. The number of carboxylic acid groups (broad SMARTS) is 1. The number of amides is 2. The number of aliphatic hydroxyl groups excluding tert-OH is 5. The van der Waals surface area contributed by atoms with Crippen LogP contribution in [0.1, 0.15) is 12.8 Å². The SMILES string of the molecule is NC(=O)CC[C@H](NC(=O)[C@H](O)[C@@H](O)[C@H](O)[C@H](O)CO)C(=O)O. The van der Waals surface area contributed by atoms with Gasteiger partial charge in [-0.15, -0.1) is 0 Å². The molecule has 22 heavy (non-hydrogen) atoms. The second kappa shape index (κ2) is 9.27. The van der Waals surface area contributed by atoms with E-state index in [9.17, 15) is 29.7 Å². The molecule has 11 heteroatoms. The molecule has 0 aliphatic carbocycles. The highest BCUT2D eigenvalue weighted by Crippen LogP contribution is 2.06.